The molecule has 1 fully saturated rings. The quantitative estimate of drug-likeness (QED) is 0.489. The smallest absolute Gasteiger partial charge is 0.322 e. The highest BCUT2D eigenvalue weighted by atomic mass is 35.5. The molecule has 1 aliphatic heterocycles. The Morgan fingerprint density at radius 1 is 1.26 bits per heavy atom. The highest BCUT2D eigenvalue weighted by Crippen LogP contribution is 2.35. The van der Waals surface area contributed by atoms with Crippen LogP contribution in [-0.2, 0) is 14.3 Å². The minimum atomic E-state index is -1.29. The number of Topliss-reactive ketones (excluding diaryl/α,β-unsaturated/α-hetero) is 1. The Balaban J connectivity index is 2.42. The first-order valence-corrected chi connectivity index (χ1v) is 6.42. The van der Waals surface area contributed by atoms with Crippen molar-refractivity contribution < 1.29 is 19.1 Å². The fourth-order valence-electron chi connectivity index (χ4n) is 2.15. The maximum Gasteiger partial charge on any atom is 0.322 e. The van der Waals surface area contributed by atoms with Crippen molar-refractivity contribution in [2.45, 2.75) is 6.42 Å². The molecule has 4 nitrogen and oxygen atoms in total. The molecule has 0 saturated carbocycles. The monoisotopic (exact) mass is 302 g/mol. The third-order valence-electron chi connectivity index (χ3n) is 3.16. The van der Waals surface area contributed by atoms with Crippen LogP contribution in [0.4, 0.5) is 0 Å². The lowest BCUT2D eigenvalue weighted by molar-refractivity contribution is -0.149. The van der Waals surface area contributed by atoms with E-state index in [0.29, 0.717) is 23.1 Å². The maximum absolute atomic E-state index is 12.6. The molecule has 0 aliphatic carbocycles. The Labute approximate surface area is 120 Å². The van der Waals surface area contributed by atoms with Gasteiger partial charge in [-0.1, -0.05) is 23.2 Å². The maximum atomic E-state index is 12.6. The predicted molar refractivity (Wildman–Crippen MR) is 70.7 cm³/mol. The SMILES string of the molecule is COC(=O)C1(C(=O)c2cc(Cl)cc(Cl)c2)CCOC1. The molecule has 1 aromatic rings. The molecule has 0 bridgehead atoms. The summed E-state index contributed by atoms with van der Waals surface area (Å²) >= 11 is 11.8. The van der Waals surface area contributed by atoms with Crippen molar-refractivity contribution in [3.8, 4) is 0 Å². The fourth-order valence-corrected chi connectivity index (χ4v) is 2.68. The van der Waals surface area contributed by atoms with Gasteiger partial charge < -0.3 is 9.47 Å². The molecule has 2 rings (SSSR count). The van der Waals surface area contributed by atoms with Gasteiger partial charge in [0.15, 0.2) is 11.2 Å². The van der Waals surface area contributed by atoms with E-state index >= 15 is 0 Å². The van der Waals surface area contributed by atoms with Crippen molar-refractivity contribution >= 4 is 35.0 Å². The molecule has 0 amide bonds. The second-order valence-electron chi connectivity index (χ2n) is 4.36. The normalized spacial score (nSPS) is 22.3. The molecule has 6 heteroatoms. The van der Waals surface area contributed by atoms with Crippen molar-refractivity contribution in [2.24, 2.45) is 5.41 Å². The number of rotatable bonds is 3. The summed E-state index contributed by atoms with van der Waals surface area (Å²) in [5.74, 6) is -0.965. The first-order valence-electron chi connectivity index (χ1n) is 5.67. The minimum Gasteiger partial charge on any atom is -0.468 e. The van der Waals surface area contributed by atoms with Gasteiger partial charge >= 0.3 is 5.97 Å². The Hall–Kier alpha value is -1.10. The lowest BCUT2D eigenvalue weighted by Gasteiger charge is -2.22. The molecular formula is C13H12Cl2O4. The zero-order valence-corrected chi connectivity index (χ0v) is 11.8. The van der Waals surface area contributed by atoms with E-state index in [9.17, 15) is 9.59 Å². The molecule has 102 valence electrons. The average Bonchev–Trinajstić information content (AvgIpc) is 2.86. The topological polar surface area (TPSA) is 52.6 Å². The van der Waals surface area contributed by atoms with Crippen LogP contribution in [0.25, 0.3) is 0 Å². The summed E-state index contributed by atoms with van der Waals surface area (Å²) in [6, 6.07) is 4.49. The van der Waals surface area contributed by atoms with Gasteiger partial charge in [-0.25, -0.2) is 0 Å². The van der Waals surface area contributed by atoms with Crippen LogP contribution in [-0.4, -0.2) is 32.1 Å². The summed E-state index contributed by atoms with van der Waals surface area (Å²) < 4.78 is 9.93. The second kappa shape index (κ2) is 5.49. The zero-order valence-electron chi connectivity index (χ0n) is 10.2. The zero-order chi connectivity index (χ0) is 14.0. The van der Waals surface area contributed by atoms with E-state index in [-0.39, 0.29) is 18.0 Å². The predicted octanol–water partition coefficient (Wildman–Crippen LogP) is 2.76. The number of hydrogen-bond acceptors (Lipinski definition) is 4. The number of benzene rings is 1. The molecule has 0 radical (unpaired) electrons. The summed E-state index contributed by atoms with van der Waals surface area (Å²) in [4.78, 5) is 24.5. The van der Waals surface area contributed by atoms with E-state index < -0.39 is 11.4 Å². The van der Waals surface area contributed by atoms with Crippen molar-refractivity contribution in [2.75, 3.05) is 20.3 Å². The third-order valence-corrected chi connectivity index (χ3v) is 3.59. The summed E-state index contributed by atoms with van der Waals surface area (Å²) in [5.41, 5.74) is -1.00. The van der Waals surface area contributed by atoms with E-state index in [1.165, 1.54) is 25.3 Å². The Morgan fingerprint density at radius 2 is 1.89 bits per heavy atom. The van der Waals surface area contributed by atoms with Gasteiger partial charge in [-0.15, -0.1) is 0 Å². The molecule has 19 heavy (non-hydrogen) atoms. The number of ketones is 1. The van der Waals surface area contributed by atoms with Gasteiger partial charge in [-0.05, 0) is 24.6 Å². The van der Waals surface area contributed by atoms with Crippen LogP contribution in [0.1, 0.15) is 16.8 Å². The first-order chi connectivity index (χ1) is 8.99. The number of halogens is 2. The van der Waals surface area contributed by atoms with E-state index in [0.717, 1.165) is 0 Å². The van der Waals surface area contributed by atoms with Crippen molar-refractivity contribution in [3.63, 3.8) is 0 Å². The molecule has 0 aromatic heterocycles. The summed E-state index contributed by atoms with van der Waals surface area (Å²) in [7, 11) is 1.25. The van der Waals surface area contributed by atoms with Gasteiger partial charge in [-0.2, -0.15) is 0 Å². The van der Waals surface area contributed by atoms with Gasteiger partial charge in [-0.3, -0.25) is 9.59 Å². The largest absolute Gasteiger partial charge is 0.468 e. The number of esters is 1. The number of carbonyl (C=O) groups excluding carboxylic acids is 2. The van der Waals surface area contributed by atoms with Crippen LogP contribution in [0.5, 0.6) is 0 Å². The highest BCUT2D eigenvalue weighted by Gasteiger charge is 2.50. The van der Waals surface area contributed by atoms with Crippen LogP contribution in [0.2, 0.25) is 10.0 Å². The molecule has 1 saturated heterocycles. The van der Waals surface area contributed by atoms with Gasteiger partial charge in [0.2, 0.25) is 0 Å². The van der Waals surface area contributed by atoms with Gasteiger partial charge in [0.25, 0.3) is 0 Å². The van der Waals surface area contributed by atoms with E-state index in [1.807, 2.05) is 0 Å². The van der Waals surface area contributed by atoms with Crippen molar-refractivity contribution in [1.82, 2.24) is 0 Å². The van der Waals surface area contributed by atoms with Crippen molar-refractivity contribution in [1.29, 1.82) is 0 Å². The van der Waals surface area contributed by atoms with E-state index in [2.05, 4.69) is 0 Å². The molecule has 1 heterocycles. The number of ether oxygens (including phenoxy) is 2. The van der Waals surface area contributed by atoms with Crippen molar-refractivity contribution in [3.05, 3.63) is 33.8 Å². The van der Waals surface area contributed by atoms with Gasteiger partial charge in [0.1, 0.15) is 0 Å². The second-order valence-corrected chi connectivity index (χ2v) is 5.24. The average molecular weight is 303 g/mol. The summed E-state index contributed by atoms with van der Waals surface area (Å²) in [6.45, 7) is 0.359. The number of methoxy groups -OCH3 is 1. The lowest BCUT2D eigenvalue weighted by Crippen LogP contribution is -2.41. The van der Waals surface area contributed by atoms with Crippen LogP contribution < -0.4 is 0 Å². The van der Waals surface area contributed by atoms with E-state index in [4.69, 9.17) is 32.7 Å². The molecule has 1 unspecified atom stereocenters. The summed E-state index contributed by atoms with van der Waals surface area (Å²) in [5, 5.41) is 0.685. The molecule has 0 N–H and O–H groups in total. The fraction of sp³-hybridized carbons (Fsp3) is 0.385. The Kier molecular flexibility index (Phi) is 4.13. The van der Waals surface area contributed by atoms with Gasteiger partial charge in [0, 0.05) is 22.2 Å². The number of carbonyl (C=O) groups is 2. The minimum absolute atomic E-state index is 0.0165. The molecule has 1 aromatic carbocycles. The molecule has 1 aliphatic rings. The van der Waals surface area contributed by atoms with Crippen LogP contribution in [0, 0.1) is 5.41 Å². The first kappa shape index (κ1) is 14.3. The van der Waals surface area contributed by atoms with Gasteiger partial charge in [0.05, 0.1) is 13.7 Å². The van der Waals surface area contributed by atoms with Crippen LogP contribution in [0.3, 0.4) is 0 Å². The molecule has 1 atom stereocenters. The van der Waals surface area contributed by atoms with Crippen LogP contribution in [0.15, 0.2) is 18.2 Å². The lowest BCUT2D eigenvalue weighted by atomic mass is 9.79. The van der Waals surface area contributed by atoms with Crippen LogP contribution >= 0.6 is 23.2 Å². The Bertz CT molecular complexity index is 501. The third kappa shape index (κ3) is 2.61. The highest BCUT2D eigenvalue weighted by molar-refractivity contribution is 6.35. The van der Waals surface area contributed by atoms with E-state index in [1.54, 1.807) is 0 Å². The standard InChI is InChI=1S/C13H12Cl2O4/c1-18-12(17)13(2-3-19-7-13)11(16)8-4-9(14)6-10(15)5-8/h4-6H,2-3,7H2,1H3. The number of hydrogen-bond donors (Lipinski definition) is 0. The molecular weight excluding hydrogens is 291 g/mol. The Morgan fingerprint density at radius 3 is 2.37 bits per heavy atom. The molecule has 0 spiro atoms. The summed E-state index contributed by atoms with van der Waals surface area (Å²) in [6.07, 6.45) is 0.294.